The first-order valence-electron chi connectivity index (χ1n) is 7.67. The molecule has 1 aromatic carbocycles. The molecular formula is C16H20N2O4S2. The van der Waals surface area contributed by atoms with Crippen LogP contribution in [0.5, 0.6) is 11.5 Å². The van der Waals surface area contributed by atoms with E-state index in [0.717, 1.165) is 21.1 Å². The van der Waals surface area contributed by atoms with Crippen molar-refractivity contribution in [3.63, 3.8) is 0 Å². The van der Waals surface area contributed by atoms with E-state index in [-0.39, 0.29) is 5.75 Å². The lowest BCUT2D eigenvalue weighted by Gasteiger charge is -2.24. The molecule has 1 aliphatic heterocycles. The van der Waals surface area contributed by atoms with Crippen LogP contribution in [-0.2, 0) is 23.0 Å². The molecule has 2 heterocycles. The molecule has 0 saturated heterocycles. The van der Waals surface area contributed by atoms with Crippen LogP contribution in [-0.4, -0.2) is 44.2 Å². The Morgan fingerprint density at radius 1 is 1.25 bits per heavy atom. The zero-order chi connectivity index (χ0) is 17.3. The number of thiazole rings is 1. The minimum Gasteiger partial charge on any atom is -0.493 e. The third-order valence-corrected chi connectivity index (χ3v) is 7.04. The molecule has 1 aliphatic rings. The van der Waals surface area contributed by atoms with Crippen molar-refractivity contribution in [2.45, 2.75) is 19.9 Å². The molecule has 1 aromatic heterocycles. The lowest BCUT2D eigenvalue weighted by molar-refractivity contribution is 0.355. The van der Waals surface area contributed by atoms with Crippen molar-refractivity contribution < 1.29 is 17.9 Å². The predicted octanol–water partition coefficient (Wildman–Crippen LogP) is 2.54. The topological polar surface area (TPSA) is 68.7 Å². The molecule has 0 fully saturated rings. The number of ether oxygens (including phenoxy) is 2. The maximum absolute atomic E-state index is 12.1. The zero-order valence-electron chi connectivity index (χ0n) is 13.9. The summed E-state index contributed by atoms with van der Waals surface area (Å²) in [5.74, 6) is 1.45. The SMILES string of the molecule is CCS(=O)(=O)N1CCc2nc(-c3ccc(OC)c(OC)c3)sc2C1. The second-order valence-electron chi connectivity index (χ2n) is 5.44. The molecule has 0 bridgehead atoms. The summed E-state index contributed by atoms with van der Waals surface area (Å²) in [6, 6.07) is 5.68. The van der Waals surface area contributed by atoms with Crippen LogP contribution in [0.4, 0.5) is 0 Å². The van der Waals surface area contributed by atoms with Gasteiger partial charge in [-0.05, 0) is 25.1 Å². The lowest BCUT2D eigenvalue weighted by atomic mass is 10.2. The van der Waals surface area contributed by atoms with Crippen molar-refractivity contribution in [3.05, 3.63) is 28.8 Å². The molecule has 0 radical (unpaired) electrons. The molecule has 0 atom stereocenters. The zero-order valence-corrected chi connectivity index (χ0v) is 15.5. The number of hydrogen-bond acceptors (Lipinski definition) is 6. The van der Waals surface area contributed by atoms with E-state index in [9.17, 15) is 8.42 Å². The Balaban J connectivity index is 1.91. The van der Waals surface area contributed by atoms with Crippen molar-refractivity contribution in [1.29, 1.82) is 0 Å². The van der Waals surface area contributed by atoms with Crippen LogP contribution in [0.1, 0.15) is 17.5 Å². The summed E-state index contributed by atoms with van der Waals surface area (Å²) in [5, 5.41) is 0.872. The van der Waals surface area contributed by atoms with Gasteiger partial charge in [-0.2, -0.15) is 4.31 Å². The highest BCUT2D eigenvalue weighted by Crippen LogP contribution is 2.36. The van der Waals surface area contributed by atoms with Gasteiger partial charge in [-0.3, -0.25) is 0 Å². The minimum atomic E-state index is -3.16. The van der Waals surface area contributed by atoms with E-state index in [4.69, 9.17) is 14.5 Å². The van der Waals surface area contributed by atoms with Crippen LogP contribution in [0.15, 0.2) is 18.2 Å². The fourth-order valence-corrected chi connectivity index (χ4v) is 4.95. The fourth-order valence-electron chi connectivity index (χ4n) is 2.68. The standard InChI is InChI=1S/C16H20N2O4S2/c1-4-24(19,20)18-8-7-12-15(10-18)23-16(17-12)11-5-6-13(21-2)14(9-11)22-3/h5-6,9H,4,7-8,10H2,1-3H3. The third-order valence-electron chi connectivity index (χ3n) is 4.08. The first kappa shape index (κ1) is 17.2. The molecule has 3 rings (SSSR count). The van der Waals surface area contributed by atoms with Crippen LogP contribution in [0.2, 0.25) is 0 Å². The normalized spacial score (nSPS) is 15.1. The second-order valence-corrected chi connectivity index (χ2v) is 8.78. The number of sulfonamides is 1. The summed E-state index contributed by atoms with van der Waals surface area (Å²) in [6.07, 6.45) is 0.651. The summed E-state index contributed by atoms with van der Waals surface area (Å²) in [5.41, 5.74) is 1.93. The van der Waals surface area contributed by atoms with Crippen LogP contribution in [0.3, 0.4) is 0 Å². The highest BCUT2D eigenvalue weighted by Gasteiger charge is 2.28. The van der Waals surface area contributed by atoms with Crippen molar-refractivity contribution in [2.75, 3.05) is 26.5 Å². The second kappa shape index (κ2) is 6.70. The molecule has 2 aromatic rings. The van der Waals surface area contributed by atoms with Gasteiger partial charge in [0.15, 0.2) is 11.5 Å². The molecule has 0 saturated carbocycles. The van der Waals surface area contributed by atoms with E-state index in [1.54, 1.807) is 25.4 Å². The van der Waals surface area contributed by atoms with Crippen molar-refractivity contribution in [1.82, 2.24) is 9.29 Å². The molecule has 24 heavy (non-hydrogen) atoms. The number of aromatic nitrogens is 1. The Kier molecular flexibility index (Phi) is 4.80. The average molecular weight is 368 g/mol. The maximum atomic E-state index is 12.1. The quantitative estimate of drug-likeness (QED) is 0.811. The molecule has 0 unspecified atom stereocenters. The predicted molar refractivity (Wildman–Crippen MR) is 94.2 cm³/mol. The van der Waals surface area contributed by atoms with Gasteiger partial charge in [0.1, 0.15) is 5.01 Å². The monoisotopic (exact) mass is 368 g/mol. The highest BCUT2D eigenvalue weighted by atomic mass is 32.2. The van der Waals surface area contributed by atoms with Crippen LogP contribution in [0, 0.1) is 0 Å². The van der Waals surface area contributed by atoms with Gasteiger partial charge in [-0.1, -0.05) is 0 Å². The fraction of sp³-hybridized carbons (Fsp3) is 0.438. The first-order chi connectivity index (χ1) is 11.5. The Bertz CT molecular complexity index is 846. The number of hydrogen-bond donors (Lipinski definition) is 0. The Hall–Kier alpha value is -1.64. The van der Waals surface area contributed by atoms with E-state index in [0.29, 0.717) is 31.0 Å². The molecule has 6 nitrogen and oxygen atoms in total. The number of rotatable bonds is 5. The molecule has 0 spiro atoms. The highest BCUT2D eigenvalue weighted by molar-refractivity contribution is 7.89. The summed E-state index contributed by atoms with van der Waals surface area (Å²) < 4.78 is 36.3. The van der Waals surface area contributed by atoms with E-state index >= 15 is 0 Å². The number of benzene rings is 1. The van der Waals surface area contributed by atoms with Crippen LogP contribution < -0.4 is 9.47 Å². The number of nitrogens with zero attached hydrogens (tertiary/aromatic N) is 2. The van der Waals surface area contributed by atoms with Gasteiger partial charge in [-0.25, -0.2) is 13.4 Å². The van der Waals surface area contributed by atoms with Gasteiger partial charge in [-0.15, -0.1) is 11.3 Å². The Morgan fingerprint density at radius 3 is 2.67 bits per heavy atom. The Morgan fingerprint density at radius 2 is 2.00 bits per heavy atom. The minimum absolute atomic E-state index is 0.129. The van der Waals surface area contributed by atoms with Gasteiger partial charge < -0.3 is 9.47 Å². The van der Waals surface area contributed by atoms with E-state index < -0.39 is 10.0 Å². The van der Waals surface area contributed by atoms with Crippen LogP contribution >= 0.6 is 11.3 Å². The summed E-state index contributed by atoms with van der Waals surface area (Å²) in [7, 11) is 0.0355. The number of fused-ring (bicyclic) bond motifs is 1. The molecular weight excluding hydrogens is 348 g/mol. The van der Waals surface area contributed by atoms with Crippen molar-refractivity contribution in [3.8, 4) is 22.1 Å². The van der Waals surface area contributed by atoms with E-state index in [1.165, 1.54) is 11.3 Å². The lowest BCUT2D eigenvalue weighted by Crippen LogP contribution is -2.36. The van der Waals surface area contributed by atoms with Gasteiger partial charge in [0, 0.05) is 30.0 Å². The Labute approximate surface area is 146 Å². The third kappa shape index (κ3) is 3.13. The van der Waals surface area contributed by atoms with Gasteiger partial charge in [0.25, 0.3) is 0 Å². The number of methoxy groups -OCH3 is 2. The van der Waals surface area contributed by atoms with Gasteiger partial charge >= 0.3 is 0 Å². The molecule has 0 aliphatic carbocycles. The van der Waals surface area contributed by atoms with Gasteiger partial charge in [0.05, 0.1) is 25.7 Å². The summed E-state index contributed by atoms with van der Waals surface area (Å²) >= 11 is 1.54. The van der Waals surface area contributed by atoms with Gasteiger partial charge in [0.2, 0.25) is 10.0 Å². The molecule has 8 heteroatoms. The summed E-state index contributed by atoms with van der Waals surface area (Å²) in [4.78, 5) is 5.71. The molecule has 0 N–H and O–H groups in total. The first-order valence-corrected chi connectivity index (χ1v) is 10.1. The van der Waals surface area contributed by atoms with Crippen LogP contribution in [0.25, 0.3) is 10.6 Å². The van der Waals surface area contributed by atoms with E-state index in [1.807, 2.05) is 18.2 Å². The smallest absolute Gasteiger partial charge is 0.214 e. The maximum Gasteiger partial charge on any atom is 0.214 e. The van der Waals surface area contributed by atoms with Crippen molar-refractivity contribution in [2.24, 2.45) is 0 Å². The van der Waals surface area contributed by atoms with E-state index in [2.05, 4.69) is 0 Å². The summed E-state index contributed by atoms with van der Waals surface area (Å²) in [6.45, 7) is 2.58. The average Bonchev–Trinajstić information content (AvgIpc) is 3.04. The molecule has 130 valence electrons. The molecule has 0 amide bonds. The van der Waals surface area contributed by atoms with Crippen molar-refractivity contribution >= 4 is 21.4 Å². The largest absolute Gasteiger partial charge is 0.493 e.